The third kappa shape index (κ3) is 5.61. The Labute approximate surface area is 224 Å². The van der Waals surface area contributed by atoms with Crippen molar-refractivity contribution in [1.29, 1.82) is 0 Å². The highest BCUT2D eigenvalue weighted by Gasteiger charge is 2.33. The maximum Gasteiger partial charge on any atom is 0.259 e. The quantitative estimate of drug-likeness (QED) is 0.346. The fourth-order valence-corrected chi connectivity index (χ4v) is 6.43. The van der Waals surface area contributed by atoms with Crippen molar-refractivity contribution in [3.63, 3.8) is 0 Å². The van der Waals surface area contributed by atoms with Crippen LogP contribution in [-0.4, -0.2) is 77.3 Å². The number of aromatic nitrogens is 1. The SMILES string of the molecule is O=C1CN(S(=O)(=O)c2cc3cc(Cl)ccc3[nH]2)CCN1Cc1ccc(C=NN2CCC(Br)CC2)cc1. The van der Waals surface area contributed by atoms with E-state index >= 15 is 0 Å². The monoisotopic (exact) mass is 591 g/mol. The standard InChI is InChI=1S/C25H27BrClN5O3S/c26-21-7-9-31(10-8-21)28-15-18-1-3-19(4-2-18)16-30-11-12-32(17-25(30)33)36(34,35)24-14-20-13-22(27)5-6-23(20)29-24/h1-6,13-15,21,29H,7-12,16-17H2. The first kappa shape index (κ1) is 25.3. The number of sulfonamides is 1. The van der Waals surface area contributed by atoms with E-state index in [0.29, 0.717) is 33.8 Å². The van der Waals surface area contributed by atoms with Gasteiger partial charge in [-0.1, -0.05) is 51.8 Å². The number of benzene rings is 2. The molecule has 2 fully saturated rings. The lowest BCUT2D eigenvalue weighted by molar-refractivity contribution is -0.134. The highest BCUT2D eigenvalue weighted by atomic mass is 79.9. The normalized spacial score (nSPS) is 18.6. The summed E-state index contributed by atoms with van der Waals surface area (Å²) in [5.41, 5.74) is 2.67. The van der Waals surface area contributed by atoms with Gasteiger partial charge in [0.15, 0.2) is 0 Å². The van der Waals surface area contributed by atoms with Gasteiger partial charge in [-0.25, -0.2) is 8.42 Å². The molecule has 3 aromatic rings. The highest BCUT2D eigenvalue weighted by Crippen LogP contribution is 2.25. The Morgan fingerprint density at radius 3 is 2.53 bits per heavy atom. The van der Waals surface area contributed by atoms with E-state index in [0.717, 1.165) is 37.1 Å². The van der Waals surface area contributed by atoms with E-state index in [1.807, 2.05) is 30.5 Å². The highest BCUT2D eigenvalue weighted by molar-refractivity contribution is 9.09. The van der Waals surface area contributed by atoms with Crippen LogP contribution in [0, 0.1) is 0 Å². The van der Waals surface area contributed by atoms with Crippen molar-refractivity contribution >= 4 is 60.6 Å². The van der Waals surface area contributed by atoms with Crippen LogP contribution in [-0.2, 0) is 21.4 Å². The zero-order valence-corrected chi connectivity index (χ0v) is 22.8. The Morgan fingerprint density at radius 2 is 1.81 bits per heavy atom. The van der Waals surface area contributed by atoms with Crippen molar-refractivity contribution in [2.75, 3.05) is 32.7 Å². The molecule has 0 unspecified atom stereocenters. The topological polar surface area (TPSA) is 89.1 Å². The molecule has 2 saturated heterocycles. The van der Waals surface area contributed by atoms with E-state index in [2.05, 4.69) is 31.0 Å². The Balaban J connectivity index is 1.18. The Hall–Kier alpha value is -2.40. The molecular weight excluding hydrogens is 566 g/mol. The van der Waals surface area contributed by atoms with Crippen LogP contribution < -0.4 is 0 Å². The van der Waals surface area contributed by atoms with Crippen LogP contribution in [0.15, 0.2) is 58.7 Å². The van der Waals surface area contributed by atoms with Crippen LogP contribution in [0.3, 0.4) is 0 Å². The van der Waals surface area contributed by atoms with Crippen LogP contribution in [0.25, 0.3) is 10.9 Å². The third-order valence-corrected chi connectivity index (χ3v) is 9.50. The number of nitrogens with one attached hydrogen (secondary N) is 1. The van der Waals surface area contributed by atoms with E-state index in [1.54, 1.807) is 29.2 Å². The molecule has 2 aliphatic heterocycles. The number of aromatic amines is 1. The molecule has 2 aromatic carbocycles. The number of halogens is 2. The molecule has 11 heteroatoms. The van der Waals surface area contributed by atoms with Crippen LogP contribution in [0.2, 0.25) is 5.02 Å². The lowest BCUT2D eigenvalue weighted by Crippen LogP contribution is -2.51. The smallest absolute Gasteiger partial charge is 0.259 e. The lowest BCUT2D eigenvalue weighted by Gasteiger charge is -2.33. The Bertz CT molecular complexity index is 1380. The molecule has 0 spiro atoms. The number of amides is 1. The molecule has 0 bridgehead atoms. The van der Waals surface area contributed by atoms with Gasteiger partial charge in [0.2, 0.25) is 5.91 Å². The minimum atomic E-state index is -3.82. The molecule has 2 aliphatic rings. The van der Waals surface area contributed by atoms with E-state index < -0.39 is 10.0 Å². The summed E-state index contributed by atoms with van der Waals surface area (Å²) in [4.78, 5) is 18.1. The van der Waals surface area contributed by atoms with Crippen molar-refractivity contribution in [2.45, 2.75) is 29.2 Å². The molecule has 0 aliphatic carbocycles. The van der Waals surface area contributed by atoms with Crippen molar-refractivity contribution in [3.8, 4) is 0 Å². The fraction of sp³-hybridized carbons (Fsp3) is 0.360. The summed E-state index contributed by atoms with van der Waals surface area (Å²) < 4.78 is 27.5. The van der Waals surface area contributed by atoms with Gasteiger partial charge in [-0.3, -0.25) is 9.80 Å². The van der Waals surface area contributed by atoms with Gasteiger partial charge in [-0.2, -0.15) is 9.41 Å². The van der Waals surface area contributed by atoms with Crippen LogP contribution in [0.1, 0.15) is 24.0 Å². The Morgan fingerprint density at radius 1 is 1.06 bits per heavy atom. The molecule has 1 amide bonds. The van der Waals surface area contributed by atoms with Crippen LogP contribution in [0.5, 0.6) is 0 Å². The largest absolute Gasteiger partial charge is 0.345 e. The van der Waals surface area contributed by atoms with E-state index in [1.165, 1.54) is 4.31 Å². The van der Waals surface area contributed by atoms with E-state index in [-0.39, 0.29) is 24.0 Å². The summed E-state index contributed by atoms with van der Waals surface area (Å²) >= 11 is 9.67. The van der Waals surface area contributed by atoms with Gasteiger partial charge in [0.05, 0.1) is 12.8 Å². The number of piperazine rings is 1. The predicted octanol–water partition coefficient (Wildman–Crippen LogP) is 4.05. The molecule has 3 heterocycles. The van der Waals surface area contributed by atoms with Crippen molar-refractivity contribution in [1.82, 2.24) is 19.2 Å². The minimum absolute atomic E-state index is 0.0647. The maximum atomic E-state index is 13.2. The fourth-order valence-electron chi connectivity index (χ4n) is 4.44. The second-order valence-corrected chi connectivity index (χ2v) is 12.8. The second-order valence-electron chi connectivity index (χ2n) is 9.13. The minimum Gasteiger partial charge on any atom is -0.345 e. The number of carbonyl (C=O) groups is 1. The zero-order chi connectivity index (χ0) is 25.3. The van der Waals surface area contributed by atoms with Crippen LogP contribution in [0.4, 0.5) is 0 Å². The number of alkyl halides is 1. The molecule has 0 atom stereocenters. The molecule has 5 rings (SSSR count). The number of hydrazone groups is 1. The molecule has 8 nitrogen and oxygen atoms in total. The second kappa shape index (κ2) is 10.5. The van der Waals surface area contributed by atoms with Crippen molar-refractivity contribution in [2.24, 2.45) is 5.10 Å². The molecule has 0 radical (unpaired) electrons. The number of fused-ring (bicyclic) bond motifs is 1. The zero-order valence-electron chi connectivity index (χ0n) is 19.6. The molecule has 0 saturated carbocycles. The summed E-state index contributed by atoms with van der Waals surface area (Å²) in [5.74, 6) is -0.218. The van der Waals surface area contributed by atoms with Crippen molar-refractivity contribution in [3.05, 3.63) is 64.7 Å². The first-order valence-corrected chi connectivity index (χ1v) is 14.6. The van der Waals surface area contributed by atoms with E-state index in [9.17, 15) is 13.2 Å². The number of rotatable bonds is 6. The van der Waals surface area contributed by atoms with Gasteiger partial charge in [0.1, 0.15) is 5.03 Å². The maximum absolute atomic E-state index is 13.2. The Kier molecular flexibility index (Phi) is 7.39. The summed E-state index contributed by atoms with van der Waals surface area (Å²) in [5, 5.41) is 7.97. The van der Waals surface area contributed by atoms with Crippen molar-refractivity contribution < 1.29 is 13.2 Å². The summed E-state index contributed by atoms with van der Waals surface area (Å²) in [6.07, 6.45) is 4.05. The summed E-state index contributed by atoms with van der Waals surface area (Å²) in [6, 6.07) is 14.7. The third-order valence-electron chi connectivity index (χ3n) is 6.58. The molecule has 190 valence electrons. The van der Waals surface area contributed by atoms with Gasteiger partial charge < -0.3 is 9.88 Å². The first-order chi connectivity index (χ1) is 17.3. The molecular formula is C25H27BrClN5O3S. The molecule has 1 N–H and O–H groups in total. The van der Waals surface area contributed by atoms with Gasteiger partial charge in [-0.05, 0) is 48.2 Å². The summed E-state index contributed by atoms with van der Waals surface area (Å²) in [6.45, 7) is 2.71. The molecule has 36 heavy (non-hydrogen) atoms. The number of nitrogens with zero attached hydrogens (tertiary/aromatic N) is 4. The average Bonchev–Trinajstić information content (AvgIpc) is 3.30. The van der Waals surface area contributed by atoms with E-state index in [4.69, 9.17) is 11.6 Å². The number of hydrogen-bond donors (Lipinski definition) is 1. The number of H-pyrrole nitrogens is 1. The average molecular weight is 593 g/mol. The predicted molar refractivity (Wildman–Crippen MR) is 145 cm³/mol. The number of hydrogen-bond acceptors (Lipinski definition) is 5. The van der Waals surface area contributed by atoms with Gasteiger partial charge in [-0.15, -0.1) is 0 Å². The van der Waals surface area contributed by atoms with Crippen LogP contribution >= 0.6 is 27.5 Å². The number of piperidine rings is 1. The summed E-state index contributed by atoms with van der Waals surface area (Å²) in [7, 11) is -3.82. The first-order valence-electron chi connectivity index (χ1n) is 11.9. The number of carbonyl (C=O) groups excluding carboxylic acids is 1. The van der Waals surface area contributed by atoms with Gasteiger partial charge in [0, 0.05) is 53.5 Å². The lowest BCUT2D eigenvalue weighted by atomic mass is 10.1. The van der Waals surface area contributed by atoms with Gasteiger partial charge >= 0.3 is 0 Å². The molecule has 1 aromatic heterocycles. The van der Waals surface area contributed by atoms with Gasteiger partial charge in [0.25, 0.3) is 10.0 Å².